The largest absolute Gasteiger partial charge is 0.355 e. The zero-order chi connectivity index (χ0) is 16.3. The molecule has 118 valence electrons. The van der Waals surface area contributed by atoms with E-state index in [0.29, 0.717) is 6.54 Å². The van der Waals surface area contributed by atoms with Crippen molar-refractivity contribution in [1.29, 1.82) is 0 Å². The van der Waals surface area contributed by atoms with Crippen LogP contribution in [0, 0.1) is 0 Å². The van der Waals surface area contributed by atoms with E-state index in [2.05, 4.69) is 20.8 Å². The van der Waals surface area contributed by atoms with Gasteiger partial charge in [0.05, 0.1) is 6.21 Å². The van der Waals surface area contributed by atoms with E-state index in [9.17, 15) is 9.59 Å². The highest BCUT2D eigenvalue weighted by Gasteiger charge is 2.07. The first-order valence-corrected chi connectivity index (χ1v) is 7.26. The van der Waals surface area contributed by atoms with Crippen molar-refractivity contribution in [2.75, 3.05) is 6.54 Å². The van der Waals surface area contributed by atoms with Crippen LogP contribution in [-0.2, 0) is 16.0 Å². The van der Waals surface area contributed by atoms with Gasteiger partial charge >= 0.3 is 0 Å². The molecule has 1 aromatic carbocycles. The Morgan fingerprint density at radius 3 is 2.52 bits per heavy atom. The van der Waals surface area contributed by atoms with Gasteiger partial charge in [0.1, 0.15) is 6.42 Å². The Kier molecular flexibility index (Phi) is 6.46. The third kappa shape index (κ3) is 6.52. The van der Waals surface area contributed by atoms with Crippen LogP contribution in [0.1, 0.15) is 17.5 Å². The Hall–Kier alpha value is -3.02. The van der Waals surface area contributed by atoms with Crippen LogP contribution >= 0.6 is 0 Å². The maximum absolute atomic E-state index is 11.6. The van der Waals surface area contributed by atoms with E-state index in [1.54, 1.807) is 24.5 Å². The average molecular weight is 310 g/mol. The number of carbonyl (C=O) groups excluding carboxylic acids is 2. The minimum absolute atomic E-state index is 0.248. The first-order valence-electron chi connectivity index (χ1n) is 7.26. The summed E-state index contributed by atoms with van der Waals surface area (Å²) < 4.78 is 0. The van der Waals surface area contributed by atoms with Crippen LogP contribution in [0.2, 0.25) is 0 Å². The molecule has 0 atom stereocenters. The summed E-state index contributed by atoms with van der Waals surface area (Å²) in [5.41, 5.74) is 4.27. The second-order valence-electron chi connectivity index (χ2n) is 4.84. The molecule has 2 amide bonds. The third-order valence-electron chi connectivity index (χ3n) is 3.01. The molecule has 1 heterocycles. The van der Waals surface area contributed by atoms with Gasteiger partial charge in [0.25, 0.3) is 0 Å². The summed E-state index contributed by atoms with van der Waals surface area (Å²) >= 11 is 0. The highest BCUT2D eigenvalue weighted by atomic mass is 16.2. The van der Waals surface area contributed by atoms with Crippen molar-refractivity contribution in [3.05, 3.63) is 66.0 Å². The standard InChI is InChI=1S/C17H18N4O2/c22-16(19-11-8-14-4-2-1-3-5-14)12-17(23)21-20-13-15-6-9-18-10-7-15/h1-7,9-10,13H,8,11-12H2,(H,19,22)(H,21,23)/b20-13-. The molecule has 0 aliphatic carbocycles. The summed E-state index contributed by atoms with van der Waals surface area (Å²) in [6.45, 7) is 0.496. The van der Waals surface area contributed by atoms with E-state index < -0.39 is 5.91 Å². The first-order chi connectivity index (χ1) is 11.2. The predicted octanol–water partition coefficient (Wildman–Crippen LogP) is 1.28. The third-order valence-corrected chi connectivity index (χ3v) is 3.01. The number of amides is 2. The number of nitrogens with one attached hydrogen (secondary N) is 2. The molecule has 0 aliphatic heterocycles. The van der Waals surface area contributed by atoms with Crippen molar-refractivity contribution in [3.63, 3.8) is 0 Å². The zero-order valence-electron chi connectivity index (χ0n) is 12.6. The van der Waals surface area contributed by atoms with Crippen LogP contribution < -0.4 is 10.7 Å². The summed E-state index contributed by atoms with van der Waals surface area (Å²) in [5, 5.41) is 6.50. The maximum Gasteiger partial charge on any atom is 0.249 e. The van der Waals surface area contributed by atoms with Crippen LogP contribution in [0.3, 0.4) is 0 Å². The van der Waals surface area contributed by atoms with E-state index in [-0.39, 0.29) is 12.3 Å². The fourth-order valence-electron chi connectivity index (χ4n) is 1.87. The number of hydrogen-bond acceptors (Lipinski definition) is 4. The highest BCUT2D eigenvalue weighted by molar-refractivity contribution is 5.97. The molecule has 0 saturated heterocycles. The number of hydrogen-bond donors (Lipinski definition) is 2. The molecule has 2 aromatic rings. The van der Waals surface area contributed by atoms with Crippen molar-refractivity contribution >= 4 is 18.0 Å². The fraction of sp³-hybridized carbons (Fsp3) is 0.176. The Morgan fingerprint density at radius 2 is 1.78 bits per heavy atom. The Morgan fingerprint density at radius 1 is 1.04 bits per heavy atom. The number of rotatable bonds is 7. The number of pyridine rings is 1. The van der Waals surface area contributed by atoms with Gasteiger partial charge in [-0.15, -0.1) is 0 Å². The van der Waals surface area contributed by atoms with E-state index in [1.807, 2.05) is 30.3 Å². The Labute approximate surface area is 134 Å². The van der Waals surface area contributed by atoms with E-state index >= 15 is 0 Å². The lowest BCUT2D eigenvalue weighted by Gasteiger charge is -2.04. The molecule has 0 bridgehead atoms. The van der Waals surface area contributed by atoms with Gasteiger partial charge < -0.3 is 5.32 Å². The minimum atomic E-state index is -0.451. The topological polar surface area (TPSA) is 83.5 Å². The maximum atomic E-state index is 11.6. The molecule has 0 spiro atoms. The quantitative estimate of drug-likeness (QED) is 0.459. The van der Waals surface area contributed by atoms with Crippen molar-refractivity contribution in [2.24, 2.45) is 5.10 Å². The van der Waals surface area contributed by atoms with E-state index in [4.69, 9.17) is 0 Å². The van der Waals surface area contributed by atoms with Gasteiger partial charge in [0.2, 0.25) is 11.8 Å². The van der Waals surface area contributed by atoms with Gasteiger partial charge in [-0.3, -0.25) is 14.6 Å². The lowest BCUT2D eigenvalue weighted by molar-refractivity contribution is -0.129. The van der Waals surface area contributed by atoms with Gasteiger partial charge in [-0.2, -0.15) is 5.10 Å². The van der Waals surface area contributed by atoms with Crippen LogP contribution in [0.25, 0.3) is 0 Å². The number of carbonyl (C=O) groups is 2. The molecule has 0 aliphatic rings. The molecular formula is C17H18N4O2. The molecule has 0 unspecified atom stereocenters. The molecule has 0 fully saturated rings. The second kappa shape index (κ2) is 9.09. The molecular weight excluding hydrogens is 292 g/mol. The normalized spacial score (nSPS) is 10.4. The van der Waals surface area contributed by atoms with Crippen LogP contribution in [-0.4, -0.2) is 29.6 Å². The lowest BCUT2D eigenvalue weighted by atomic mass is 10.1. The summed E-state index contributed by atoms with van der Waals surface area (Å²) in [4.78, 5) is 27.1. The van der Waals surface area contributed by atoms with Crippen LogP contribution in [0.5, 0.6) is 0 Å². The van der Waals surface area contributed by atoms with Crippen molar-refractivity contribution in [1.82, 2.24) is 15.7 Å². The Balaban J connectivity index is 1.64. The molecule has 0 radical (unpaired) electrons. The molecule has 6 heteroatoms. The van der Waals surface area contributed by atoms with Gasteiger partial charge in [-0.05, 0) is 29.7 Å². The average Bonchev–Trinajstić information content (AvgIpc) is 2.57. The molecule has 23 heavy (non-hydrogen) atoms. The summed E-state index contributed by atoms with van der Waals surface area (Å²) in [7, 11) is 0. The van der Waals surface area contributed by atoms with Crippen LogP contribution in [0.15, 0.2) is 60.0 Å². The summed E-state index contributed by atoms with van der Waals surface area (Å²) in [6, 6.07) is 13.3. The van der Waals surface area contributed by atoms with Crippen molar-refractivity contribution < 1.29 is 9.59 Å². The van der Waals surface area contributed by atoms with Gasteiger partial charge in [0, 0.05) is 18.9 Å². The molecule has 2 rings (SSSR count). The van der Waals surface area contributed by atoms with Gasteiger partial charge in [-0.1, -0.05) is 30.3 Å². The summed E-state index contributed by atoms with van der Waals surface area (Å²) in [6.07, 6.45) is 5.23. The number of hydrazone groups is 1. The van der Waals surface area contributed by atoms with E-state index in [0.717, 1.165) is 17.5 Å². The zero-order valence-corrected chi connectivity index (χ0v) is 12.6. The lowest BCUT2D eigenvalue weighted by Crippen LogP contribution is -2.31. The molecule has 1 aromatic heterocycles. The van der Waals surface area contributed by atoms with Crippen molar-refractivity contribution in [2.45, 2.75) is 12.8 Å². The van der Waals surface area contributed by atoms with Gasteiger partial charge in [0.15, 0.2) is 0 Å². The second-order valence-corrected chi connectivity index (χ2v) is 4.84. The van der Waals surface area contributed by atoms with Crippen molar-refractivity contribution in [3.8, 4) is 0 Å². The Bertz CT molecular complexity index is 657. The van der Waals surface area contributed by atoms with Gasteiger partial charge in [-0.25, -0.2) is 5.43 Å². The summed E-state index contributed by atoms with van der Waals surface area (Å²) in [5.74, 6) is -0.773. The highest BCUT2D eigenvalue weighted by Crippen LogP contribution is 1.98. The number of benzene rings is 1. The SMILES string of the molecule is O=C(CC(=O)N/N=C\c1ccncc1)NCCc1ccccc1. The molecule has 2 N–H and O–H groups in total. The molecule has 6 nitrogen and oxygen atoms in total. The monoisotopic (exact) mass is 310 g/mol. The fourth-order valence-corrected chi connectivity index (χ4v) is 1.87. The molecule has 0 saturated carbocycles. The first kappa shape index (κ1) is 16.4. The smallest absolute Gasteiger partial charge is 0.249 e. The van der Waals surface area contributed by atoms with E-state index in [1.165, 1.54) is 6.21 Å². The number of nitrogens with zero attached hydrogens (tertiary/aromatic N) is 2. The number of aromatic nitrogens is 1. The predicted molar refractivity (Wildman–Crippen MR) is 87.7 cm³/mol. The minimum Gasteiger partial charge on any atom is -0.355 e. The van der Waals surface area contributed by atoms with Crippen LogP contribution in [0.4, 0.5) is 0 Å².